The van der Waals surface area contributed by atoms with Gasteiger partial charge in [-0.3, -0.25) is 19.8 Å². The minimum Gasteiger partial charge on any atom is -0.459 e. The van der Waals surface area contributed by atoms with Gasteiger partial charge in [0.1, 0.15) is 0 Å². The molecule has 31 heavy (non-hydrogen) atoms. The van der Waals surface area contributed by atoms with Crippen LogP contribution in [-0.4, -0.2) is 47.4 Å². The van der Waals surface area contributed by atoms with Gasteiger partial charge < -0.3 is 9.73 Å². The van der Waals surface area contributed by atoms with E-state index in [1.807, 2.05) is 18.2 Å². The number of rotatable bonds is 11. The first-order valence-electron chi connectivity index (χ1n) is 10.4. The molecule has 1 unspecified atom stereocenters. The number of furan rings is 1. The van der Waals surface area contributed by atoms with Crippen LogP contribution in [0.25, 0.3) is 0 Å². The molecule has 0 spiro atoms. The van der Waals surface area contributed by atoms with E-state index in [9.17, 15) is 9.59 Å². The summed E-state index contributed by atoms with van der Waals surface area (Å²) in [7, 11) is 0. The van der Waals surface area contributed by atoms with Gasteiger partial charge in [-0.15, -0.1) is 11.3 Å². The lowest BCUT2D eigenvalue weighted by atomic mass is 10.0. The molecule has 0 aliphatic heterocycles. The lowest BCUT2D eigenvalue weighted by molar-refractivity contribution is -0.120. The molecule has 0 aliphatic rings. The van der Waals surface area contributed by atoms with Crippen molar-refractivity contribution in [2.24, 2.45) is 0 Å². The molecule has 0 aliphatic carbocycles. The van der Waals surface area contributed by atoms with E-state index in [0.29, 0.717) is 17.4 Å². The number of carbonyl (C=O) groups excluding carboxylic acids is 2. The van der Waals surface area contributed by atoms with Gasteiger partial charge in [-0.25, -0.2) is 4.98 Å². The average molecular weight is 441 g/mol. The number of aromatic nitrogens is 1. The third-order valence-corrected chi connectivity index (χ3v) is 5.84. The van der Waals surface area contributed by atoms with Crippen molar-refractivity contribution in [3.8, 4) is 0 Å². The van der Waals surface area contributed by atoms with E-state index in [0.717, 1.165) is 19.5 Å². The maximum Gasteiger partial charge on any atom is 0.293 e. The molecule has 0 saturated carbocycles. The predicted molar refractivity (Wildman–Crippen MR) is 122 cm³/mol. The lowest BCUT2D eigenvalue weighted by Crippen LogP contribution is -2.45. The summed E-state index contributed by atoms with van der Waals surface area (Å²) in [5.74, 6) is -0.229. The van der Waals surface area contributed by atoms with Crippen molar-refractivity contribution in [2.45, 2.75) is 32.7 Å². The normalized spacial score (nSPS) is 12.0. The van der Waals surface area contributed by atoms with Crippen molar-refractivity contribution in [3.05, 3.63) is 71.1 Å². The predicted octanol–water partition coefficient (Wildman–Crippen LogP) is 3.60. The van der Waals surface area contributed by atoms with Crippen LogP contribution < -0.4 is 10.6 Å². The van der Waals surface area contributed by atoms with Crippen molar-refractivity contribution >= 4 is 28.3 Å². The molecule has 3 aromatic rings. The maximum absolute atomic E-state index is 12.5. The first-order valence-corrected chi connectivity index (χ1v) is 11.3. The number of anilines is 1. The smallest absolute Gasteiger partial charge is 0.293 e. The zero-order valence-corrected chi connectivity index (χ0v) is 18.7. The van der Waals surface area contributed by atoms with Crippen LogP contribution in [0.15, 0.2) is 58.5 Å². The topological polar surface area (TPSA) is 87.5 Å². The van der Waals surface area contributed by atoms with Gasteiger partial charge in [-0.1, -0.05) is 44.2 Å². The van der Waals surface area contributed by atoms with Crippen molar-refractivity contribution in [1.29, 1.82) is 0 Å². The second-order valence-electron chi connectivity index (χ2n) is 7.12. The maximum atomic E-state index is 12.5. The minimum atomic E-state index is -0.363. The van der Waals surface area contributed by atoms with E-state index in [2.05, 4.69) is 46.5 Å². The number of hydrogen-bond donors (Lipinski definition) is 2. The molecule has 8 heteroatoms. The first kappa shape index (κ1) is 22.7. The van der Waals surface area contributed by atoms with Gasteiger partial charge in [0.15, 0.2) is 10.9 Å². The van der Waals surface area contributed by atoms with E-state index < -0.39 is 0 Å². The summed E-state index contributed by atoms with van der Waals surface area (Å²) in [6, 6.07) is 13.8. The molecule has 2 N–H and O–H groups in total. The molecule has 164 valence electrons. The standard InChI is InChI=1S/C23H28N4O3S/c1-3-27(4-2)19(13-17-9-6-5-7-10-17)15-24-21(28)14-18-16-31-23(25-18)26-22(29)20-11-8-12-30-20/h5-12,16,19H,3-4,13-15H2,1-2H3,(H,24,28)(H,25,26,29). The van der Waals surface area contributed by atoms with Gasteiger partial charge in [0, 0.05) is 18.0 Å². The molecule has 2 aromatic heterocycles. The van der Waals surface area contributed by atoms with Gasteiger partial charge in [-0.05, 0) is 37.2 Å². The molecular formula is C23H28N4O3S. The van der Waals surface area contributed by atoms with Crippen LogP contribution in [0.5, 0.6) is 0 Å². The van der Waals surface area contributed by atoms with Gasteiger partial charge in [0.2, 0.25) is 5.91 Å². The molecule has 1 aromatic carbocycles. The summed E-state index contributed by atoms with van der Waals surface area (Å²) < 4.78 is 5.07. The number of nitrogens with one attached hydrogen (secondary N) is 2. The fourth-order valence-corrected chi connectivity index (χ4v) is 4.13. The molecule has 0 fully saturated rings. The highest BCUT2D eigenvalue weighted by atomic mass is 32.1. The number of nitrogens with zero attached hydrogens (tertiary/aromatic N) is 2. The van der Waals surface area contributed by atoms with Gasteiger partial charge >= 0.3 is 0 Å². The summed E-state index contributed by atoms with van der Waals surface area (Å²) in [5, 5.41) is 7.96. The Kier molecular flexibility index (Phi) is 8.37. The Morgan fingerprint density at radius 3 is 2.58 bits per heavy atom. The van der Waals surface area contributed by atoms with Crippen molar-refractivity contribution < 1.29 is 14.0 Å². The fourth-order valence-electron chi connectivity index (χ4n) is 3.43. The first-order chi connectivity index (χ1) is 15.1. The van der Waals surface area contributed by atoms with E-state index in [-0.39, 0.29) is 30.0 Å². The molecule has 7 nitrogen and oxygen atoms in total. The van der Waals surface area contributed by atoms with E-state index in [1.165, 1.54) is 23.2 Å². The molecule has 2 heterocycles. The highest BCUT2D eigenvalue weighted by Gasteiger charge is 2.18. The quantitative estimate of drug-likeness (QED) is 0.476. The van der Waals surface area contributed by atoms with Crippen LogP contribution in [0.2, 0.25) is 0 Å². The van der Waals surface area contributed by atoms with Gasteiger partial charge in [0.05, 0.1) is 18.4 Å². The molecule has 0 saturated heterocycles. The number of hydrogen-bond acceptors (Lipinski definition) is 6. The summed E-state index contributed by atoms with van der Waals surface area (Å²) in [4.78, 5) is 31.2. The second-order valence-corrected chi connectivity index (χ2v) is 7.98. The van der Waals surface area contributed by atoms with Crippen LogP contribution in [0.4, 0.5) is 5.13 Å². The van der Waals surface area contributed by atoms with Crippen LogP contribution in [0.1, 0.15) is 35.7 Å². The summed E-state index contributed by atoms with van der Waals surface area (Å²) >= 11 is 1.28. The fraction of sp³-hybridized carbons (Fsp3) is 0.348. The third kappa shape index (κ3) is 6.77. The van der Waals surface area contributed by atoms with Crippen LogP contribution in [-0.2, 0) is 17.6 Å². The van der Waals surface area contributed by atoms with Gasteiger partial charge in [0.25, 0.3) is 5.91 Å². The Labute approximate surface area is 186 Å². The van der Waals surface area contributed by atoms with Crippen LogP contribution in [0, 0.1) is 0 Å². The molecule has 1 atom stereocenters. The highest BCUT2D eigenvalue weighted by Crippen LogP contribution is 2.17. The summed E-state index contributed by atoms with van der Waals surface area (Å²) in [5.41, 5.74) is 1.88. The Hall–Kier alpha value is -2.97. The third-order valence-electron chi connectivity index (χ3n) is 5.04. The lowest BCUT2D eigenvalue weighted by Gasteiger charge is -2.30. The van der Waals surface area contributed by atoms with Crippen LogP contribution >= 0.6 is 11.3 Å². The van der Waals surface area contributed by atoms with Gasteiger partial charge in [-0.2, -0.15) is 0 Å². The second kappa shape index (κ2) is 11.4. The van der Waals surface area contributed by atoms with Crippen LogP contribution in [0.3, 0.4) is 0 Å². The monoisotopic (exact) mass is 440 g/mol. The minimum absolute atomic E-state index is 0.0839. The van der Waals surface area contributed by atoms with Crippen molar-refractivity contribution in [2.75, 3.05) is 25.0 Å². The summed E-state index contributed by atoms with van der Waals surface area (Å²) in [6.45, 7) is 6.69. The number of carbonyl (C=O) groups is 2. The Morgan fingerprint density at radius 1 is 1.13 bits per heavy atom. The SMILES string of the molecule is CCN(CC)C(CNC(=O)Cc1csc(NC(=O)c2ccco2)n1)Cc1ccccc1. The Balaban J connectivity index is 1.52. The molecule has 2 amide bonds. The Bertz CT molecular complexity index is 952. The number of likely N-dealkylation sites (N-methyl/N-ethyl adjacent to an activating group) is 1. The zero-order valence-electron chi connectivity index (χ0n) is 17.8. The number of thiazole rings is 1. The van der Waals surface area contributed by atoms with E-state index in [1.54, 1.807) is 17.5 Å². The molecule has 3 rings (SSSR count). The largest absolute Gasteiger partial charge is 0.459 e. The Morgan fingerprint density at radius 2 is 1.90 bits per heavy atom. The molecule has 0 bridgehead atoms. The average Bonchev–Trinajstić information content (AvgIpc) is 3.46. The molecular weight excluding hydrogens is 412 g/mol. The zero-order chi connectivity index (χ0) is 22.1. The highest BCUT2D eigenvalue weighted by molar-refractivity contribution is 7.14. The summed E-state index contributed by atoms with van der Waals surface area (Å²) in [6.07, 6.45) is 2.49. The number of amides is 2. The van der Waals surface area contributed by atoms with Crippen molar-refractivity contribution in [1.82, 2.24) is 15.2 Å². The number of benzene rings is 1. The van der Waals surface area contributed by atoms with E-state index >= 15 is 0 Å². The van der Waals surface area contributed by atoms with Crippen molar-refractivity contribution in [3.63, 3.8) is 0 Å². The molecule has 0 radical (unpaired) electrons. The van der Waals surface area contributed by atoms with E-state index in [4.69, 9.17) is 4.42 Å².